The maximum Gasteiger partial charge on any atom is 0.276 e. The van der Waals surface area contributed by atoms with Crippen molar-refractivity contribution in [3.8, 4) is 0 Å². The maximum absolute atomic E-state index is 12.1. The quantitative estimate of drug-likeness (QED) is 0.768. The fourth-order valence-electron chi connectivity index (χ4n) is 1.90. The number of nitrogens with one attached hydrogen (secondary N) is 2. The fourth-order valence-corrected chi connectivity index (χ4v) is 1.90. The van der Waals surface area contributed by atoms with E-state index in [1.165, 1.54) is 0 Å². The van der Waals surface area contributed by atoms with Gasteiger partial charge >= 0.3 is 0 Å². The average molecular weight is 300 g/mol. The third kappa shape index (κ3) is 4.82. The van der Waals surface area contributed by atoms with Crippen molar-refractivity contribution in [2.45, 2.75) is 13.3 Å². The van der Waals surface area contributed by atoms with Crippen LogP contribution < -0.4 is 10.6 Å². The van der Waals surface area contributed by atoms with E-state index in [0.29, 0.717) is 12.4 Å². The Kier molecular flexibility index (Phi) is 5.85. The van der Waals surface area contributed by atoms with E-state index < -0.39 is 0 Å². The van der Waals surface area contributed by atoms with Gasteiger partial charge in [0.2, 0.25) is 0 Å². The lowest BCUT2D eigenvalue weighted by atomic mass is 10.2. The van der Waals surface area contributed by atoms with Crippen molar-refractivity contribution < 1.29 is 9.53 Å². The van der Waals surface area contributed by atoms with Gasteiger partial charge in [0.1, 0.15) is 5.82 Å². The molecule has 6 nitrogen and oxygen atoms in total. The van der Waals surface area contributed by atoms with Gasteiger partial charge in [0.25, 0.3) is 5.91 Å². The van der Waals surface area contributed by atoms with E-state index in [1.54, 1.807) is 19.2 Å². The molecule has 0 saturated heterocycles. The first kappa shape index (κ1) is 15.9. The van der Waals surface area contributed by atoms with E-state index in [9.17, 15) is 4.79 Å². The number of hydrogen-bond donors (Lipinski definition) is 2. The van der Waals surface area contributed by atoms with Gasteiger partial charge in [-0.15, -0.1) is 10.2 Å². The smallest absolute Gasteiger partial charge is 0.276 e. The monoisotopic (exact) mass is 300 g/mol. The summed E-state index contributed by atoms with van der Waals surface area (Å²) in [7, 11) is 1.67. The highest BCUT2D eigenvalue weighted by Gasteiger charge is 2.08. The number of amides is 1. The highest BCUT2D eigenvalue weighted by molar-refractivity contribution is 6.02. The van der Waals surface area contributed by atoms with E-state index >= 15 is 0 Å². The third-order valence-electron chi connectivity index (χ3n) is 3.00. The molecule has 6 heteroatoms. The number of rotatable bonds is 7. The number of methoxy groups -OCH3 is 1. The SMILES string of the molecule is COCCCNc1ccc(C(=O)Nc2cccc(C)c2)nn1. The number of nitrogens with zero attached hydrogens (tertiary/aromatic N) is 2. The van der Waals surface area contributed by atoms with Gasteiger partial charge in [-0.3, -0.25) is 4.79 Å². The highest BCUT2D eigenvalue weighted by Crippen LogP contribution is 2.11. The van der Waals surface area contributed by atoms with Crippen LogP contribution in [-0.4, -0.2) is 36.4 Å². The van der Waals surface area contributed by atoms with E-state index in [0.717, 1.165) is 24.2 Å². The van der Waals surface area contributed by atoms with Crippen molar-refractivity contribution in [3.05, 3.63) is 47.7 Å². The molecule has 0 aliphatic rings. The highest BCUT2D eigenvalue weighted by atomic mass is 16.5. The van der Waals surface area contributed by atoms with Crippen LogP contribution in [-0.2, 0) is 4.74 Å². The second kappa shape index (κ2) is 8.09. The molecule has 22 heavy (non-hydrogen) atoms. The van der Waals surface area contributed by atoms with Crippen molar-refractivity contribution in [1.29, 1.82) is 0 Å². The standard InChI is InChI=1S/C16H20N4O2/c1-12-5-3-6-13(11-12)18-16(21)14-7-8-15(20-19-14)17-9-4-10-22-2/h3,5-8,11H,4,9-10H2,1-2H3,(H,17,20)(H,18,21). The van der Waals surface area contributed by atoms with Gasteiger partial charge in [-0.05, 0) is 43.2 Å². The Morgan fingerprint density at radius 1 is 1.23 bits per heavy atom. The minimum atomic E-state index is -0.274. The summed E-state index contributed by atoms with van der Waals surface area (Å²) in [5.41, 5.74) is 2.11. The van der Waals surface area contributed by atoms with Crippen molar-refractivity contribution >= 4 is 17.4 Å². The minimum absolute atomic E-state index is 0.274. The van der Waals surface area contributed by atoms with Gasteiger partial charge in [-0.25, -0.2) is 0 Å². The van der Waals surface area contributed by atoms with E-state index in [1.807, 2.05) is 31.2 Å². The molecule has 2 rings (SSSR count). The predicted octanol–water partition coefficient (Wildman–Crippen LogP) is 2.49. The van der Waals surface area contributed by atoms with Crippen molar-refractivity contribution in [1.82, 2.24) is 10.2 Å². The normalized spacial score (nSPS) is 10.3. The summed E-state index contributed by atoms with van der Waals surface area (Å²) in [5, 5.41) is 13.9. The molecule has 1 amide bonds. The van der Waals surface area contributed by atoms with E-state index in [-0.39, 0.29) is 11.6 Å². The average Bonchev–Trinajstić information content (AvgIpc) is 2.52. The molecule has 0 aliphatic heterocycles. The Bertz CT molecular complexity index is 614. The van der Waals surface area contributed by atoms with E-state index in [2.05, 4.69) is 20.8 Å². The molecule has 0 radical (unpaired) electrons. The number of benzene rings is 1. The molecule has 1 heterocycles. The Balaban J connectivity index is 1.90. The van der Waals surface area contributed by atoms with Gasteiger partial charge < -0.3 is 15.4 Å². The minimum Gasteiger partial charge on any atom is -0.385 e. The lowest BCUT2D eigenvalue weighted by molar-refractivity contribution is 0.102. The molecule has 0 aliphatic carbocycles. The first-order chi connectivity index (χ1) is 10.7. The summed E-state index contributed by atoms with van der Waals surface area (Å²) in [6.07, 6.45) is 0.883. The molecule has 1 aromatic heterocycles. The Morgan fingerprint density at radius 3 is 2.77 bits per heavy atom. The predicted molar refractivity (Wildman–Crippen MR) is 86.1 cm³/mol. The van der Waals surface area contributed by atoms with E-state index in [4.69, 9.17) is 4.74 Å². The molecule has 0 saturated carbocycles. The second-order valence-electron chi connectivity index (χ2n) is 4.90. The van der Waals surface area contributed by atoms with Gasteiger partial charge in [-0.2, -0.15) is 0 Å². The van der Waals surface area contributed by atoms with Crippen LogP contribution in [0.15, 0.2) is 36.4 Å². The molecule has 0 atom stereocenters. The van der Waals surface area contributed by atoms with Crippen molar-refractivity contribution in [3.63, 3.8) is 0 Å². The Hall–Kier alpha value is -2.47. The first-order valence-corrected chi connectivity index (χ1v) is 7.13. The number of aromatic nitrogens is 2. The molecule has 2 N–H and O–H groups in total. The summed E-state index contributed by atoms with van der Waals surface area (Å²) >= 11 is 0. The number of carbonyl (C=O) groups is 1. The largest absolute Gasteiger partial charge is 0.385 e. The van der Waals surface area contributed by atoms with Gasteiger partial charge in [0, 0.05) is 25.9 Å². The third-order valence-corrected chi connectivity index (χ3v) is 3.00. The molecule has 2 aromatic rings. The van der Waals surface area contributed by atoms with Crippen LogP contribution in [0.4, 0.5) is 11.5 Å². The van der Waals surface area contributed by atoms with Crippen LogP contribution in [0.5, 0.6) is 0 Å². The lowest BCUT2D eigenvalue weighted by Gasteiger charge is -2.07. The number of ether oxygens (including phenoxy) is 1. The lowest BCUT2D eigenvalue weighted by Crippen LogP contribution is -2.15. The zero-order valence-corrected chi connectivity index (χ0v) is 12.8. The van der Waals surface area contributed by atoms with Crippen LogP contribution in [0.2, 0.25) is 0 Å². The van der Waals surface area contributed by atoms with Crippen LogP contribution in [0.25, 0.3) is 0 Å². The van der Waals surface area contributed by atoms with Crippen LogP contribution in [0.1, 0.15) is 22.5 Å². The number of hydrogen-bond acceptors (Lipinski definition) is 5. The van der Waals surface area contributed by atoms with Gasteiger partial charge in [0.05, 0.1) is 0 Å². The molecule has 0 fully saturated rings. The molecule has 0 unspecified atom stereocenters. The fraction of sp³-hybridized carbons (Fsp3) is 0.312. The topological polar surface area (TPSA) is 76.1 Å². The summed E-state index contributed by atoms with van der Waals surface area (Å²) in [5.74, 6) is 0.368. The zero-order chi connectivity index (χ0) is 15.8. The number of anilines is 2. The Morgan fingerprint density at radius 2 is 2.09 bits per heavy atom. The summed E-state index contributed by atoms with van der Waals surface area (Å²) < 4.78 is 4.97. The summed E-state index contributed by atoms with van der Waals surface area (Å²) in [4.78, 5) is 12.1. The van der Waals surface area contributed by atoms with Crippen LogP contribution >= 0.6 is 0 Å². The Labute approximate surface area is 129 Å². The second-order valence-corrected chi connectivity index (χ2v) is 4.90. The van der Waals surface area contributed by atoms with Gasteiger partial charge in [-0.1, -0.05) is 12.1 Å². The molecular weight excluding hydrogens is 280 g/mol. The first-order valence-electron chi connectivity index (χ1n) is 7.13. The summed E-state index contributed by atoms with van der Waals surface area (Å²) in [6.45, 7) is 3.41. The van der Waals surface area contributed by atoms with Crippen LogP contribution in [0.3, 0.4) is 0 Å². The number of aryl methyl sites for hydroxylation is 1. The molecule has 116 valence electrons. The van der Waals surface area contributed by atoms with Crippen molar-refractivity contribution in [2.75, 3.05) is 30.9 Å². The zero-order valence-electron chi connectivity index (χ0n) is 12.8. The maximum atomic E-state index is 12.1. The van der Waals surface area contributed by atoms with Crippen LogP contribution in [0, 0.1) is 6.92 Å². The molecule has 0 bridgehead atoms. The van der Waals surface area contributed by atoms with Gasteiger partial charge in [0.15, 0.2) is 5.69 Å². The summed E-state index contributed by atoms with van der Waals surface area (Å²) in [6, 6.07) is 11.0. The van der Waals surface area contributed by atoms with Crippen molar-refractivity contribution in [2.24, 2.45) is 0 Å². The molecule has 1 aromatic carbocycles. The number of carbonyl (C=O) groups excluding carboxylic acids is 1. The molecular formula is C16H20N4O2. The molecule has 0 spiro atoms.